The first-order chi connectivity index (χ1) is 12.0. The highest BCUT2D eigenvalue weighted by molar-refractivity contribution is 6.05. The maximum atomic E-state index is 12.3. The van der Waals surface area contributed by atoms with E-state index in [9.17, 15) is 14.4 Å². The number of rotatable bonds is 6. The van der Waals surface area contributed by atoms with Crippen molar-refractivity contribution in [3.63, 3.8) is 0 Å². The number of methoxy groups -OCH3 is 1. The molecular formula is C19H20N2O4. The molecule has 130 valence electrons. The van der Waals surface area contributed by atoms with Crippen LogP contribution in [-0.2, 0) is 14.3 Å². The number of carbonyl (C=O) groups excluding carboxylic acids is 3. The van der Waals surface area contributed by atoms with Gasteiger partial charge in [0.1, 0.15) is 0 Å². The SMILES string of the molecule is COC(=O)CCC(=O)Nc1ccc(NC(=O)c2ccccc2C)cc1. The number of hydrogen-bond donors (Lipinski definition) is 2. The van der Waals surface area contributed by atoms with E-state index in [1.165, 1.54) is 7.11 Å². The Morgan fingerprint density at radius 2 is 1.48 bits per heavy atom. The van der Waals surface area contributed by atoms with Gasteiger partial charge in [0.05, 0.1) is 13.5 Å². The number of aryl methyl sites for hydroxylation is 1. The first-order valence-electron chi connectivity index (χ1n) is 7.83. The second-order valence-electron chi connectivity index (χ2n) is 5.47. The van der Waals surface area contributed by atoms with Crippen LogP contribution in [0.5, 0.6) is 0 Å². The number of amides is 2. The molecule has 0 radical (unpaired) electrons. The molecule has 25 heavy (non-hydrogen) atoms. The van der Waals surface area contributed by atoms with Crippen molar-refractivity contribution in [1.29, 1.82) is 0 Å². The van der Waals surface area contributed by atoms with Gasteiger partial charge in [-0.1, -0.05) is 18.2 Å². The molecule has 2 N–H and O–H groups in total. The predicted molar refractivity (Wildman–Crippen MR) is 95.5 cm³/mol. The van der Waals surface area contributed by atoms with Crippen LogP contribution in [0.15, 0.2) is 48.5 Å². The van der Waals surface area contributed by atoms with Gasteiger partial charge in [-0.05, 0) is 42.8 Å². The number of esters is 1. The van der Waals surface area contributed by atoms with E-state index in [-0.39, 0.29) is 24.7 Å². The quantitative estimate of drug-likeness (QED) is 0.791. The zero-order chi connectivity index (χ0) is 18.2. The summed E-state index contributed by atoms with van der Waals surface area (Å²) >= 11 is 0. The molecule has 0 unspecified atom stereocenters. The van der Waals surface area contributed by atoms with Gasteiger partial charge in [-0.25, -0.2) is 0 Å². The Hall–Kier alpha value is -3.15. The molecule has 0 aliphatic heterocycles. The zero-order valence-corrected chi connectivity index (χ0v) is 14.2. The first-order valence-corrected chi connectivity index (χ1v) is 7.83. The van der Waals surface area contributed by atoms with Gasteiger partial charge in [0.2, 0.25) is 5.91 Å². The predicted octanol–water partition coefficient (Wildman–Crippen LogP) is 3.14. The Labute approximate surface area is 146 Å². The number of ether oxygens (including phenoxy) is 1. The molecule has 0 aliphatic rings. The van der Waals surface area contributed by atoms with Crippen molar-refractivity contribution in [2.75, 3.05) is 17.7 Å². The largest absolute Gasteiger partial charge is 0.469 e. The van der Waals surface area contributed by atoms with E-state index in [4.69, 9.17) is 0 Å². The van der Waals surface area contributed by atoms with E-state index in [0.717, 1.165) is 5.56 Å². The van der Waals surface area contributed by atoms with Crippen LogP contribution in [0.4, 0.5) is 11.4 Å². The van der Waals surface area contributed by atoms with Gasteiger partial charge in [0.25, 0.3) is 5.91 Å². The third-order valence-corrected chi connectivity index (χ3v) is 3.60. The van der Waals surface area contributed by atoms with Crippen molar-refractivity contribution < 1.29 is 19.1 Å². The average Bonchev–Trinajstić information content (AvgIpc) is 2.61. The number of anilines is 2. The Kier molecular flexibility index (Phi) is 6.28. The number of nitrogens with one attached hydrogen (secondary N) is 2. The highest BCUT2D eigenvalue weighted by Crippen LogP contribution is 2.16. The van der Waals surface area contributed by atoms with Crippen LogP contribution in [0.1, 0.15) is 28.8 Å². The zero-order valence-electron chi connectivity index (χ0n) is 14.2. The van der Waals surface area contributed by atoms with Gasteiger partial charge >= 0.3 is 5.97 Å². The minimum atomic E-state index is -0.426. The maximum absolute atomic E-state index is 12.3. The minimum Gasteiger partial charge on any atom is -0.469 e. The second-order valence-corrected chi connectivity index (χ2v) is 5.47. The minimum absolute atomic E-state index is 0.0346. The monoisotopic (exact) mass is 340 g/mol. The van der Waals surface area contributed by atoms with Gasteiger partial charge in [0.15, 0.2) is 0 Å². The van der Waals surface area contributed by atoms with Crippen molar-refractivity contribution in [1.82, 2.24) is 0 Å². The van der Waals surface area contributed by atoms with Crippen molar-refractivity contribution >= 4 is 29.2 Å². The maximum Gasteiger partial charge on any atom is 0.306 e. The van der Waals surface area contributed by atoms with E-state index >= 15 is 0 Å². The molecule has 2 amide bonds. The summed E-state index contributed by atoms with van der Waals surface area (Å²) in [6, 6.07) is 14.1. The van der Waals surface area contributed by atoms with Crippen molar-refractivity contribution in [2.24, 2.45) is 0 Å². The Balaban J connectivity index is 1.91. The van der Waals surface area contributed by atoms with Gasteiger partial charge in [-0.3, -0.25) is 14.4 Å². The molecule has 0 aliphatic carbocycles. The van der Waals surface area contributed by atoms with Crippen molar-refractivity contribution in [3.8, 4) is 0 Å². The van der Waals surface area contributed by atoms with E-state index in [0.29, 0.717) is 16.9 Å². The molecule has 0 bridgehead atoms. The fourth-order valence-electron chi connectivity index (χ4n) is 2.20. The summed E-state index contributed by atoms with van der Waals surface area (Å²) in [7, 11) is 1.28. The fourth-order valence-corrected chi connectivity index (χ4v) is 2.20. The highest BCUT2D eigenvalue weighted by atomic mass is 16.5. The summed E-state index contributed by atoms with van der Waals surface area (Å²) in [5.74, 6) is -0.889. The summed E-state index contributed by atoms with van der Waals surface area (Å²) in [4.78, 5) is 35.0. The molecule has 2 aromatic carbocycles. The summed E-state index contributed by atoms with van der Waals surface area (Å²) in [5.41, 5.74) is 2.72. The van der Waals surface area contributed by atoms with Crippen LogP contribution in [-0.4, -0.2) is 24.9 Å². The molecule has 2 rings (SSSR count). The summed E-state index contributed by atoms with van der Waals surface area (Å²) < 4.78 is 4.49. The van der Waals surface area contributed by atoms with E-state index in [2.05, 4.69) is 15.4 Å². The molecule has 0 saturated carbocycles. The normalized spacial score (nSPS) is 10.0. The molecule has 0 atom stereocenters. The lowest BCUT2D eigenvalue weighted by Crippen LogP contribution is -2.14. The molecular weight excluding hydrogens is 320 g/mol. The molecule has 0 aromatic heterocycles. The molecule has 6 heteroatoms. The van der Waals surface area contributed by atoms with Gasteiger partial charge in [0, 0.05) is 23.4 Å². The molecule has 6 nitrogen and oxygen atoms in total. The standard InChI is InChI=1S/C19H20N2O4/c1-13-5-3-4-6-16(13)19(24)21-15-9-7-14(8-10-15)20-17(22)11-12-18(23)25-2/h3-10H,11-12H2,1-2H3,(H,20,22)(H,21,24). The Morgan fingerprint density at radius 1 is 0.880 bits per heavy atom. The van der Waals surface area contributed by atoms with Crippen LogP contribution in [0, 0.1) is 6.92 Å². The third kappa shape index (κ3) is 5.46. The molecule has 0 spiro atoms. The summed E-state index contributed by atoms with van der Waals surface area (Å²) in [5, 5.41) is 5.50. The van der Waals surface area contributed by atoms with Crippen LogP contribution in [0.3, 0.4) is 0 Å². The van der Waals surface area contributed by atoms with Gasteiger partial charge < -0.3 is 15.4 Å². The number of hydrogen-bond acceptors (Lipinski definition) is 4. The first kappa shape index (κ1) is 18.2. The lowest BCUT2D eigenvalue weighted by molar-refractivity contribution is -0.141. The lowest BCUT2D eigenvalue weighted by Gasteiger charge is -2.09. The van der Waals surface area contributed by atoms with E-state index < -0.39 is 5.97 Å². The lowest BCUT2D eigenvalue weighted by atomic mass is 10.1. The smallest absolute Gasteiger partial charge is 0.306 e. The summed E-state index contributed by atoms with van der Waals surface area (Å²) in [6.45, 7) is 1.88. The summed E-state index contributed by atoms with van der Waals surface area (Å²) in [6.07, 6.45) is 0.0886. The molecule has 0 heterocycles. The van der Waals surface area contributed by atoms with Crippen LogP contribution in [0.2, 0.25) is 0 Å². The van der Waals surface area contributed by atoms with Gasteiger partial charge in [-0.2, -0.15) is 0 Å². The Bertz CT molecular complexity index is 769. The van der Waals surface area contributed by atoms with E-state index in [1.807, 2.05) is 25.1 Å². The highest BCUT2D eigenvalue weighted by Gasteiger charge is 2.09. The Morgan fingerprint density at radius 3 is 2.08 bits per heavy atom. The average molecular weight is 340 g/mol. The van der Waals surface area contributed by atoms with Crippen LogP contribution < -0.4 is 10.6 Å². The number of carbonyl (C=O) groups is 3. The molecule has 0 fully saturated rings. The van der Waals surface area contributed by atoms with Gasteiger partial charge in [-0.15, -0.1) is 0 Å². The van der Waals surface area contributed by atoms with E-state index in [1.54, 1.807) is 30.3 Å². The fraction of sp³-hybridized carbons (Fsp3) is 0.211. The third-order valence-electron chi connectivity index (χ3n) is 3.60. The molecule has 2 aromatic rings. The second kappa shape index (κ2) is 8.63. The topological polar surface area (TPSA) is 84.5 Å². The van der Waals surface area contributed by atoms with Crippen LogP contribution in [0.25, 0.3) is 0 Å². The number of benzene rings is 2. The molecule has 0 saturated heterocycles. The van der Waals surface area contributed by atoms with Crippen molar-refractivity contribution in [2.45, 2.75) is 19.8 Å². The van der Waals surface area contributed by atoms with Crippen LogP contribution >= 0.6 is 0 Å². The van der Waals surface area contributed by atoms with Crippen molar-refractivity contribution in [3.05, 3.63) is 59.7 Å².